The van der Waals surface area contributed by atoms with Crippen LogP contribution in [0, 0.1) is 0 Å². The Hall–Kier alpha value is -2.89. The zero-order valence-electron chi connectivity index (χ0n) is 12.2. The monoisotopic (exact) mass is 320 g/mol. The van der Waals surface area contributed by atoms with E-state index in [-0.39, 0.29) is 17.1 Å². The summed E-state index contributed by atoms with van der Waals surface area (Å²) in [6, 6.07) is 12.8. The van der Waals surface area contributed by atoms with Crippen LogP contribution in [0.15, 0.2) is 48.5 Å². The van der Waals surface area contributed by atoms with E-state index in [2.05, 4.69) is 4.74 Å². The molecule has 0 aliphatic carbocycles. The minimum Gasteiger partial charge on any atom is -0.493 e. The first-order valence-electron chi connectivity index (χ1n) is 6.64. The SMILES string of the molecule is COc1cc(C=C(C(=O)O)c2ccccc2)ccc1OC(F)F. The van der Waals surface area contributed by atoms with Crippen molar-refractivity contribution in [2.45, 2.75) is 6.61 Å². The zero-order valence-corrected chi connectivity index (χ0v) is 12.2. The molecule has 6 heteroatoms. The zero-order chi connectivity index (χ0) is 16.8. The summed E-state index contributed by atoms with van der Waals surface area (Å²) in [5.74, 6) is -1.11. The smallest absolute Gasteiger partial charge is 0.387 e. The number of aliphatic carboxylic acids is 1. The standard InChI is InChI=1S/C17H14F2O4/c1-22-15-10-11(7-8-14(15)23-17(18)19)9-13(16(20)21)12-5-3-2-4-6-12/h2-10,17H,1H3,(H,20,21). The van der Waals surface area contributed by atoms with Crippen molar-refractivity contribution < 1.29 is 28.2 Å². The van der Waals surface area contributed by atoms with Crippen molar-refractivity contribution in [2.75, 3.05) is 7.11 Å². The maximum atomic E-state index is 12.3. The molecule has 0 atom stereocenters. The second-order valence-electron chi connectivity index (χ2n) is 4.52. The van der Waals surface area contributed by atoms with Crippen molar-refractivity contribution in [3.8, 4) is 11.5 Å². The van der Waals surface area contributed by atoms with Crippen molar-refractivity contribution in [3.63, 3.8) is 0 Å². The lowest BCUT2D eigenvalue weighted by Crippen LogP contribution is -2.03. The Balaban J connectivity index is 2.42. The molecule has 0 radical (unpaired) electrons. The van der Waals surface area contributed by atoms with Crippen molar-refractivity contribution in [3.05, 3.63) is 59.7 Å². The minimum absolute atomic E-state index is 0.0789. The average molecular weight is 320 g/mol. The molecule has 2 aromatic rings. The van der Waals surface area contributed by atoms with Crippen LogP contribution in [0.5, 0.6) is 11.5 Å². The summed E-state index contributed by atoms with van der Waals surface area (Å²) < 4.78 is 33.9. The lowest BCUT2D eigenvalue weighted by atomic mass is 10.0. The molecule has 23 heavy (non-hydrogen) atoms. The summed E-state index contributed by atoms with van der Waals surface area (Å²) >= 11 is 0. The number of hydrogen-bond donors (Lipinski definition) is 1. The molecule has 2 aromatic carbocycles. The third-order valence-corrected chi connectivity index (χ3v) is 3.03. The third kappa shape index (κ3) is 4.29. The van der Waals surface area contributed by atoms with E-state index in [4.69, 9.17) is 4.74 Å². The fraction of sp³-hybridized carbons (Fsp3) is 0.118. The van der Waals surface area contributed by atoms with E-state index in [1.807, 2.05) is 0 Å². The van der Waals surface area contributed by atoms with Crippen LogP contribution in [0.4, 0.5) is 8.78 Å². The molecule has 4 nitrogen and oxygen atoms in total. The van der Waals surface area contributed by atoms with Gasteiger partial charge in [-0.25, -0.2) is 4.79 Å². The maximum absolute atomic E-state index is 12.3. The van der Waals surface area contributed by atoms with Crippen molar-refractivity contribution >= 4 is 17.6 Å². The van der Waals surface area contributed by atoms with Crippen molar-refractivity contribution in [1.29, 1.82) is 0 Å². The van der Waals surface area contributed by atoms with Gasteiger partial charge in [0.2, 0.25) is 0 Å². The van der Waals surface area contributed by atoms with Crippen LogP contribution in [0.1, 0.15) is 11.1 Å². The molecule has 1 N–H and O–H groups in total. The number of rotatable bonds is 6. The van der Waals surface area contributed by atoms with Crippen LogP contribution < -0.4 is 9.47 Å². The molecule has 0 fully saturated rings. The van der Waals surface area contributed by atoms with Crippen LogP contribution in [0.2, 0.25) is 0 Å². The maximum Gasteiger partial charge on any atom is 0.387 e. The molecule has 0 aromatic heterocycles. The van der Waals surface area contributed by atoms with E-state index < -0.39 is 12.6 Å². The van der Waals surface area contributed by atoms with Gasteiger partial charge in [-0.3, -0.25) is 0 Å². The number of alkyl halides is 2. The van der Waals surface area contributed by atoms with E-state index in [0.29, 0.717) is 11.1 Å². The quantitative estimate of drug-likeness (QED) is 0.647. The van der Waals surface area contributed by atoms with Gasteiger partial charge in [0, 0.05) is 0 Å². The van der Waals surface area contributed by atoms with Gasteiger partial charge in [0.15, 0.2) is 11.5 Å². The molecular formula is C17H14F2O4. The Morgan fingerprint density at radius 3 is 2.39 bits per heavy atom. The molecular weight excluding hydrogens is 306 g/mol. The number of ether oxygens (including phenoxy) is 2. The molecule has 0 bridgehead atoms. The summed E-state index contributed by atoms with van der Waals surface area (Å²) in [5, 5.41) is 9.36. The minimum atomic E-state index is -2.97. The largest absolute Gasteiger partial charge is 0.493 e. The first-order chi connectivity index (χ1) is 11.0. The highest BCUT2D eigenvalue weighted by Crippen LogP contribution is 2.31. The molecule has 0 saturated carbocycles. The summed E-state index contributed by atoms with van der Waals surface area (Å²) in [6.07, 6.45) is 1.44. The first-order valence-corrected chi connectivity index (χ1v) is 6.64. The number of benzene rings is 2. The number of halogens is 2. The van der Waals surface area contributed by atoms with Gasteiger partial charge in [0.25, 0.3) is 0 Å². The fourth-order valence-corrected chi connectivity index (χ4v) is 2.02. The van der Waals surface area contributed by atoms with E-state index in [9.17, 15) is 18.7 Å². The van der Waals surface area contributed by atoms with Crippen LogP contribution in [0.25, 0.3) is 11.6 Å². The normalized spacial score (nSPS) is 11.4. The molecule has 0 unspecified atom stereocenters. The number of methoxy groups -OCH3 is 1. The second kappa shape index (κ2) is 7.40. The highest BCUT2D eigenvalue weighted by atomic mass is 19.3. The van der Waals surface area contributed by atoms with Gasteiger partial charge < -0.3 is 14.6 Å². The number of carboxylic acid groups (broad SMARTS) is 1. The van der Waals surface area contributed by atoms with Crippen LogP contribution >= 0.6 is 0 Å². The average Bonchev–Trinajstić information content (AvgIpc) is 2.53. The lowest BCUT2D eigenvalue weighted by Gasteiger charge is -2.10. The highest BCUT2D eigenvalue weighted by molar-refractivity contribution is 6.20. The van der Waals surface area contributed by atoms with E-state index in [0.717, 1.165) is 0 Å². The van der Waals surface area contributed by atoms with Gasteiger partial charge in [-0.15, -0.1) is 0 Å². The van der Waals surface area contributed by atoms with E-state index >= 15 is 0 Å². The van der Waals surface area contributed by atoms with Crippen molar-refractivity contribution in [2.24, 2.45) is 0 Å². The van der Waals surface area contributed by atoms with Crippen LogP contribution in [-0.2, 0) is 4.79 Å². The van der Waals surface area contributed by atoms with Gasteiger partial charge >= 0.3 is 12.6 Å². The number of hydrogen-bond acceptors (Lipinski definition) is 3. The van der Waals surface area contributed by atoms with Crippen LogP contribution in [-0.4, -0.2) is 24.8 Å². The fourth-order valence-electron chi connectivity index (χ4n) is 2.02. The molecule has 0 amide bonds. The highest BCUT2D eigenvalue weighted by Gasteiger charge is 2.13. The molecule has 0 heterocycles. The Labute approximate surface area is 131 Å². The predicted molar refractivity (Wildman–Crippen MR) is 81.6 cm³/mol. The van der Waals surface area contributed by atoms with Gasteiger partial charge in [-0.1, -0.05) is 36.4 Å². The lowest BCUT2D eigenvalue weighted by molar-refractivity contribution is -0.130. The number of carboxylic acids is 1. The van der Waals surface area contributed by atoms with Gasteiger partial charge in [0.05, 0.1) is 12.7 Å². The topological polar surface area (TPSA) is 55.8 Å². The number of carbonyl (C=O) groups is 1. The molecule has 120 valence electrons. The Bertz CT molecular complexity index is 712. The molecule has 2 rings (SSSR count). The van der Waals surface area contributed by atoms with Crippen molar-refractivity contribution in [1.82, 2.24) is 0 Å². The molecule has 0 spiro atoms. The predicted octanol–water partition coefficient (Wildman–Crippen LogP) is 3.92. The summed E-state index contributed by atoms with van der Waals surface area (Å²) in [4.78, 5) is 11.4. The molecule has 0 aliphatic rings. The van der Waals surface area contributed by atoms with E-state index in [1.165, 1.54) is 31.4 Å². The molecule has 0 aliphatic heterocycles. The van der Waals surface area contributed by atoms with Crippen LogP contribution in [0.3, 0.4) is 0 Å². The van der Waals surface area contributed by atoms with Gasteiger partial charge in [-0.2, -0.15) is 8.78 Å². The van der Waals surface area contributed by atoms with Gasteiger partial charge in [-0.05, 0) is 29.3 Å². The second-order valence-corrected chi connectivity index (χ2v) is 4.52. The third-order valence-electron chi connectivity index (χ3n) is 3.03. The summed E-state index contributed by atoms with van der Waals surface area (Å²) in [5.41, 5.74) is 1.10. The van der Waals surface area contributed by atoms with E-state index in [1.54, 1.807) is 30.3 Å². The molecule has 0 saturated heterocycles. The Morgan fingerprint density at radius 2 is 1.83 bits per heavy atom. The summed E-state index contributed by atoms with van der Waals surface area (Å²) in [7, 11) is 1.32. The Morgan fingerprint density at radius 1 is 1.13 bits per heavy atom. The Kier molecular flexibility index (Phi) is 5.30. The first kappa shape index (κ1) is 16.5. The summed E-state index contributed by atoms with van der Waals surface area (Å²) in [6.45, 7) is -2.97. The van der Waals surface area contributed by atoms with Gasteiger partial charge in [0.1, 0.15) is 0 Å².